The lowest BCUT2D eigenvalue weighted by molar-refractivity contribution is 0.867. The van der Waals surface area contributed by atoms with Crippen LogP contribution in [0.25, 0.3) is 22.9 Å². The van der Waals surface area contributed by atoms with Crippen molar-refractivity contribution >= 4 is 0 Å². The Bertz CT molecular complexity index is 587. The SMILES string of the molecule is c1cnc(-c2nccc(-c3ccnnn3)n2)cn1. The van der Waals surface area contributed by atoms with Gasteiger partial charge in [0.25, 0.3) is 0 Å². The molecule has 0 saturated heterocycles. The number of aromatic nitrogens is 7. The van der Waals surface area contributed by atoms with E-state index < -0.39 is 0 Å². The highest BCUT2D eigenvalue weighted by atomic mass is 15.3. The molecular weight excluding hydrogens is 230 g/mol. The normalized spacial score (nSPS) is 10.2. The molecule has 3 rings (SSSR count). The third-order valence-corrected chi connectivity index (χ3v) is 2.21. The molecule has 0 fully saturated rings. The van der Waals surface area contributed by atoms with E-state index in [1.165, 1.54) is 0 Å². The number of rotatable bonds is 2. The van der Waals surface area contributed by atoms with Crippen molar-refractivity contribution in [2.24, 2.45) is 0 Å². The fraction of sp³-hybridized carbons (Fsp3) is 0. The molecule has 0 amide bonds. The third kappa shape index (κ3) is 2.01. The predicted molar refractivity (Wildman–Crippen MR) is 61.9 cm³/mol. The highest BCUT2D eigenvalue weighted by molar-refractivity contribution is 5.57. The summed E-state index contributed by atoms with van der Waals surface area (Å²) in [5, 5.41) is 11.1. The molecule has 3 heterocycles. The summed E-state index contributed by atoms with van der Waals surface area (Å²) >= 11 is 0. The molecule has 0 unspecified atom stereocenters. The minimum absolute atomic E-state index is 0.499. The molecule has 7 nitrogen and oxygen atoms in total. The Kier molecular flexibility index (Phi) is 2.63. The summed E-state index contributed by atoms with van der Waals surface area (Å²) in [6, 6.07) is 3.49. The van der Waals surface area contributed by atoms with Crippen LogP contribution in [0.2, 0.25) is 0 Å². The second-order valence-corrected chi connectivity index (χ2v) is 3.36. The van der Waals surface area contributed by atoms with Gasteiger partial charge in [-0.05, 0) is 17.3 Å². The molecule has 0 atom stereocenters. The standard InChI is InChI=1S/C11H7N7/c1-3-14-11(10-7-12-5-6-13-10)16-8(1)9-2-4-15-18-17-9/h1-7H. The van der Waals surface area contributed by atoms with E-state index in [-0.39, 0.29) is 0 Å². The van der Waals surface area contributed by atoms with Crippen LogP contribution >= 0.6 is 0 Å². The van der Waals surface area contributed by atoms with Crippen molar-refractivity contribution in [1.82, 2.24) is 35.3 Å². The molecule has 86 valence electrons. The first-order chi connectivity index (χ1) is 8.93. The number of hydrogen-bond acceptors (Lipinski definition) is 7. The maximum absolute atomic E-state index is 4.37. The van der Waals surface area contributed by atoms with E-state index in [2.05, 4.69) is 35.3 Å². The molecule has 18 heavy (non-hydrogen) atoms. The van der Waals surface area contributed by atoms with Crippen LogP contribution in [-0.2, 0) is 0 Å². The fourth-order valence-corrected chi connectivity index (χ4v) is 1.42. The van der Waals surface area contributed by atoms with Gasteiger partial charge >= 0.3 is 0 Å². The smallest absolute Gasteiger partial charge is 0.180 e. The van der Waals surface area contributed by atoms with Crippen LogP contribution in [0.3, 0.4) is 0 Å². The Morgan fingerprint density at radius 1 is 0.778 bits per heavy atom. The van der Waals surface area contributed by atoms with Crippen molar-refractivity contribution < 1.29 is 0 Å². The highest BCUT2D eigenvalue weighted by Crippen LogP contribution is 2.15. The van der Waals surface area contributed by atoms with Gasteiger partial charge in [-0.2, -0.15) is 0 Å². The van der Waals surface area contributed by atoms with Gasteiger partial charge in [0.05, 0.1) is 18.1 Å². The topological polar surface area (TPSA) is 90.2 Å². The second-order valence-electron chi connectivity index (χ2n) is 3.36. The number of hydrogen-bond donors (Lipinski definition) is 0. The van der Waals surface area contributed by atoms with Crippen molar-refractivity contribution in [3.63, 3.8) is 0 Å². The van der Waals surface area contributed by atoms with Crippen molar-refractivity contribution in [3.05, 3.63) is 43.1 Å². The van der Waals surface area contributed by atoms with Crippen molar-refractivity contribution in [2.45, 2.75) is 0 Å². The quantitative estimate of drug-likeness (QED) is 0.650. The molecule has 0 aliphatic heterocycles. The Morgan fingerprint density at radius 3 is 2.50 bits per heavy atom. The average molecular weight is 237 g/mol. The van der Waals surface area contributed by atoms with Crippen LogP contribution in [0.4, 0.5) is 0 Å². The monoisotopic (exact) mass is 237 g/mol. The summed E-state index contributed by atoms with van der Waals surface area (Å²) in [5.74, 6) is 0.499. The molecule has 7 heteroatoms. The van der Waals surface area contributed by atoms with E-state index in [0.717, 1.165) is 0 Å². The second kappa shape index (κ2) is 4.58. The van der Waals surface area contributed by atoms with E-state index in [1.54, 1.807) is 43.1 Å². The van der Waals surface area contributed by atoms with E-state index >= 15 is 0 Å². The van der Waals surface area contributed by atoms with E-state index in [4.69, 9.17) is 0 Å². The molecule has 3 aromatic heterocycles. The lowest BCUT2D eigenvalue weighted by Crippen LogP contribution is -1.96. The lowest BCUT2D eigenvalue weighted by atomic mass is 10.3. The average Bonchev–Trinajstić information content (AvgIpc) is 2.49. The maximum atomic E-state index is 4.37. The van der Waals surface area contributed by atoms with Crippen LogP contribution < -0.4 is 0 Å². The van der Waals surface area contributed by atoms with E-state index in [9.17, 15) is 0 Å². The summed E-state index contributed by atoms with van der Waals surface area (Å²) in [5.41, 5.74) is 1.92. The zero-order valence-electron chi connectivity index (χ0n) is 9.17. The highest BCUT2D eigenvalue weighted by Gasteiger charge is 2.06. The van der Waals surface area contributed by atoms with Crippen molar-refractivity contribution in [1.29, 1.82) is 0 Å². The van der Waals surface area contributed by atoms with Gasteiger partial charge < -0.3 is 0 Å². The van der Waals surface area contributed by atoms with Crippen LogP contribution in [-0.4, -0.2) is 35.3 Å². The zero-order chi connectivity index (χ0) is 12.2. The Hall–Kier alpha value is -2.83. The summed E-state index contributed by atoms with van der Waals surface area (Å²) < 4.78 is 0. The Morgan fingerprint density at radius 2 is 1.72 bits per heavy atom. The fourth-order valence-electron chi connectivity index (χ4n) is 1.42. The van der Waals surface area contributed by atoms with E-state index in [1.807, 2.05) is 0 Å². The molecule has 0 saturated carbocycles. The molecular formula is C11H7N7. The largest absolute Gasteiger partial charge is 0.261 e. The molecule has 3 aromatic rings. The van der Waals surface area contributed by atoms with Crippen LogP contribution in [0.15, 0.2) is 43.1 Å². The Labute approximate surface area is 102 Å². The van der Waals surface area contributed by atoms with Crippen LogP contribution in [0, 0.1) is 0 Å². The third-order valence-electron chi connectivity index (χ3n) is 2.21. The van der Waals surface area contributed by atoms with Gasteiger partial charge in [0.15, 0.2) is 5.82 Å². The summed E-state index contributed by atoms with van der Waals surface area (Å²) in [6.07, 6.45) is 8.01. The molecule has 0 radical (unpaired) electrons. The first-order valence-corrected chi connectivity index (χ1v) is 5.18. The first-order valence-electron chi connectivity index (χ1n) is 5.18. The maximum Gasteiger partial charge on any atom is 0.180 e. The van der Waals surface area contributed by atoms with Gasteiger partial charge in [-0.15, -0.1) is 10.2 Å². The van der Waals surface area contributed by atoms with E-state index in [0.29, 0.717) is 22.9 Å². The number of nitrogens with zero attached hydrogens (tertiary/aromatic N) is 7. The van der Waals surface area contributed by atoms with Gasteiger partial charge in [0.2, 0.25) is 0 Å². The van der Waals surface area contributed by atoms with Gasteiger partial charge in [0, 0.05) is 18.6 Å². The molecule has 0 aliphatic rings. The molecule has 0 aliphatic carbocycles. The molecule has 0 spiro atoms. The molecule has 0 N–H and O–H groups in total. The van der Waals surface area contributed by atoms with Gasteiger partial charge in [-0.3, -0.25) is 4.98 Å². The van der Waals surface area contributed by atoms with Gasteiger partial charge in [-0.1, -0.05) is 0 Å². The molecule has 0 bridgehead atoms. The minimum atomic E-state index is 0.499. The summed E-state index contributed by atoms with van der Waals surface area (Å²) in [4.78, 5) is 16.7. The Balaban J connectivity index is 2.05. The predicted octanol–water partition coefficient (Wildman–Crippen LogP) is 0.786. The van der Waals surface area contributed by atoms with Crippen molar-refractivity contribution in [3.8, 4) is 22.9 Å². The summed E-state index contributed by atoms with van der Waals surface area (Å²) in [7, 11) is 0. The van der Waals surface area contributed by atoms with Crippen LogP contribution in [0.5, 0.6) is 0 Å². The van der Waals surface area contributed by atoms with Crippen LogP contribution in [0.1, 0.15) is 0 Å². The van der Waals surface area contributed by atoms with Gasteiger partial charge in [-0.25, -0.2) is 15.0 Å². The van der Waals surface area contributed by atoms with Gasteiger partial charge in [0.1, 0.15) is 11.4 Å². The van der Waals surface area contributed by atoms with Crippen molar-refractivity contribution in [2.75, 3.05) is 0 Å². The molecule has 0 aromatic carbocycles. The zero-order valence-corrected chi connectivity index (χ0v) is 9.17. The summed E-state index contributed by atoms with van der Waals surface area (Å²) in [6.45, 7) is 0. The minimum Gasteiger partial charge on any atom is -0.261 e. The lowest BCUT2D eigenvalue weighted by Gasteiger charge is -2.01. The first kappa shape index (κ1) is 10.3.